The first-order chi connectivity index (χ1) is 10.4. The average Bonchev–Trinajstić information content (AvgIpc) is 2.83. The first-order valence-corrected chi connectivity index (χ1v) is 8.29. The lowest BCUT2D eigenvalue weighted by Crippen LogP contribution is -2.27. The van der Waals surface area contributed by atoms with Gasteiger partial charge in [-0.25, -0.2) is 0 Å². The molecule has 1 N–H and O–H groups in total. The second-order valence-electron chi connectivity index (χ2n) is 6.14. The van der Waals surface area contributed by atoms with Gasteiger partial charge in [0.25, 0.3) is 0 Å². The molecule has 1 aliphatic rings. The van der Waals surface area contributed by atoms with Crippen molar-refractivity contribution in [2.24, 2.45) is 0 Å². The standard InChI is InChI=1S/C20H25N/c1-2-7-14-20(13-6-1)21-16-17-9-8-12-19(15-17)18-10-4-3-5-11-18/h3-5,8-12,15,20-21H,1-2,6-7,13-14,16H2. The molecule has 0 aliphatic heterocycles. The molecule has 0 amide bonds. The quantitative estimate of drug-likeness (QED) is 0.762. The summed E-state index contributed by atoms with van der Waals surface area (Å²) < 4.78 is 0. The van der Waals surface area contributed by atoms with Crippen molar-refractivity contribution >= 4 is 0 Å². The number of benzene rings is 2. The minimum Gasteiger partial charge on any atom is -0.310 e. The molecule has 1 nitrogen and oxygen atoms in total. The predicted octanol–water partition coefficient (Wildman–Crippen LogP) is 5.17. The molecule has 1 aliphatic carbocycles. The van der Waals surface area contributed by atoms with E-state index in [0.717, 1.165) is 6.54 Å². The van der Waals surface area contributed by atoms with Crippen LogP contribution in [0.5, 0.6) is 0 Å². The van der Waals surface area contributed by atoms with Gasteiger partial charge in [0.15, 0.2) is 0 Å². The van der Waals surface area contributed by atoms with Crippen molar-refractivity contribution < 1.29 is 0 Å². The summed E-state index contributed by atoms with van der Waals surface area (Å²) in [6.07, 6.45) is 8.31. The molecule has 21 heavy (non-hydrogen) atoms. The molecular weight excluding hydrogens is 254 g/mol. The maximum atomic E-state index is 3.76. The molecule has 1 saturated carbocycles. The number of rotatable bonds is 4. The fraction of sp³-hybridized carbons (Fsp3) is 0.400. The second kappa shape index (κ2) is 7.42. The highest BCUT2D eigenvalue weighted by Gasteiger charge is 2.11. The van der Waals surface area contributed by atoms with E-state index < -0.39 is 0 Å². The lowest BCUT2D eigenvalue weighted by atomic mass is 10.0. The molecule has 3 rings (SSSR count). The summed E-state index contributed by atoms with van der Waals surface area (Å²) in [6.45, 7) is 0.991. The third kappa shape index (κ3) is 4.18. The van der Waals surface area contributed by atoms with Gasteiger partial charge in [0.2, 0.25) is 0 Å². The van der Waals surface area contributed by atoms with Gasteiger partial charge < -0.3 is 5.32 Å². The van der Waals surface area contributed by atoms with Crippen molar-refractivity contribution in [3.05, 3.63) is 60.2 Å². The fourth-order valence-corrected chi connectivity index (χ4v) is 3.24. The molecule has 0 radical (unpaired) electrons. The molecule has 2 aromatic rings. The van der Waals surface area contributed by atoms with E-state index in [4.69, 9.17) is 0 Å². The number of hydrogen-bond acceptors (Lipinski definition) is 1. The molecule has 1 fully saturated rings. The maximum Gasteiger partial charge on any atom is 0.0208 e. The normalized spacial score (nSPS) is 16.6. The van der Waals surface area contributed by atoms with E-state index >= 15 is 0 Å². The molecule has 1 heteroatoms. The first-order valence-electron chi connectivity index (χ1n) is 8.29. The van der Waals surface area contributed by atoms with Crippen LogP contribution in [0.25, 0.3) is 11.1 Å². The van der Waals surface area contributed by atoms with E-state index in [-0.39, 0.29) is 0 Å². The van der Waals surface area contributed by atoms with Gasteiger partial charge in [0.05, 0.1) is 0 Å². The topological polar surface area (TPSA) is 12.0 Å². The Kier molecular flexibility index (Phi) is 5.07. The monoisotopic (exact) mass is 279 g/mol. The largest absolute Gasteiger partial charge is 0.310 e. The van der Waals surface area contributed by atoms with Crippen LogP contribution in [0.4, 0.5) is 0 Å². The summed E-state index contributed by atoms with van der Waals surface area (Å²) in [5, 5.41) is 3.76. The van der Waals surface area contributed by atoms with Crippen LogP contribution < -0.4 is 5.32 Å². The van der Waals surface area contributed by atoms with Crippen LogP contribution in [0, 0.1) is 0 Å². The summed E-state index contributed by atoms with van der Waals surface area (Å²) in [7, 11) is 0. The highest BCUT2D eigenvalue weighted by molar-refractivity contribution is 5.63. The van der Waals surface area contributed by atoms with Gasteiger partial charge in [-0.05, 0) is 35.6 Å². The summed E-state index contributed by atoms with van der Waals surface area (Å²) in [5.41, 5.74) is 4.00. The summed E-state index contributed by atoms with van der Waals surface area (Å²) in [6, 6.07) is 20.3. The van der Waals surface area contributed by atoms with E-state index in [1.165, 1.54) is 55.2 Å². The number of hydrogen-bond donors (Lipinski definition) is 1. The zero-order chi connectivity index (χ0) is 14.3. The molecule has 0 aromatic heterocycles. The summed E-state index contributed by atoms with van der Waals surface area (Å²) in [5.74, 6) is 0. The van der Waals surface area contributed by atoms with Crippen LogP contribution >= 0.6 is 0 Å². The van der Waals surface area contributed by atoms with Crippen molar-refractivity contribution in [3.63, 3.8) is 0 Å². The van der Waals surface area contributed by atoms with Crippen LogP contribution in [0.1, 0.15) is 44.1 Å². The summed E-state index contributed by atoms with van der Waals surface area (Å²) >= 11 is 0. The Hall–Kier alpha value is -1.60. The fourth-order valence-electron chi connectivity index (χ4n) is 3.24. The Labute approximate surface area is 128 Å². The Morgan fingerprint density at radius 3 is 2.24 bits per heavy atom. The van der Waals surface area contributed by atoms with Crippen molar-refractivity contribution in [2.75, 3.05) is 0 Å². The Morgan fingerprint density at radius 2 is 1.48 bits per heavy atom. The smallest absolute Gasteiger partial charge is 0.0208 e. The molecule has 0 heterocycles. The average molecular weight is 279 g/mol. The molecule has 2 aromatic carbocycles. The van der Waals surface area contributed by atoms with E-state index in [0.29, 0.717) is 6.04 Å². The third-order valence-corrected chi connectivity index (χ3v) is 4.48. The molecule has 0 saturated heterocycles. The van der Waals surface area contributed by atoms with E-state index in [9.17, 15) is 0 Å². The molecule has 0 bridgehead atoms. The van der Waals surface area contributed by atoms with Crippen molar-refractivity contribution in [2.45, 2.75) is 51.1 Å². The van der Waals surface area contributed by atoms with Crippen molar-refractivity contribution in [3.8, 4) is 11.1 Å². The maximum absolute atomic E-state index is 3.76. The van der Waals surface area contributed by atoms with Crippen LogP contribution in [0.15, 0.2) is 54.6 Å². The molecule has 110 valence electrons. The molecule has 0 unspecified atom stereocenters. The highest BCUT2D eigenvalue weighted by atomic mass is 14.9. The van der Waals surface area contributed by atoms with Gasteiger partial charge in [0, 0.05) is 12.6 Å². The van der Waals surface area contributed by atoms with E-state index in [1.807, 2.05) is 0 Å². The molecule has 0 spiro atoms. The van der Waals surface area contributed by atoms with Gasteiger partial charge in [0.1, 0.15) is 0 Å². The van der Waals surface area contributed by atoms with Crippen molar-refractivity contribution in [1.82, 2.24) is 5.32 Å². The lowest BCUT2D eigenvalue weighted by Gasteiger charge is -2.16. The highest BCUT2D eigenvalue weighted by Crippen LogP contribution is 2.21. The van der Waals surface area contributed by atoms with Gasteiger partial charge in [-0.15, -0.1) is 0 Å². The third-order valence-electron chi connectivity index (χ3n) is 4.48. The minimum atomic E-state index is 0.716. The van der Waals surface area contributed by atoms with Crippen LogP contribution in [0.3, 0.4) is 0 Å². The Morgan fingerprint density at radius 1 is 0.762 bits per heavy atom. The first kappa shape index (κ1) is 14.3. The van der Waals surface area contributed by atoms with Crippen LogP contribution in [-0.2, 0) is 6.54 Å². The molecule has 0 atom stereocenters. The minimum absolute atomic E-state index is 0.716. The lowest BCUT2D eigenvalue weighted by molar-refractivity contribution is 0.459. The Balaban J connectivity index is 1.63. The van der Waals surface area contributed by atoms with Crippen LogP contribution in [0.2, 0.25) is 0 Å². The van der Waals surface area contributed by atoms with Crippen LogP contribution in [-0.4, -0.2) is 6.04 Å². The Bertz CT molecular complexity index is 539. The van der Waals surface area contributed by atoms with E-state index in [2.05, 4.69) is 59.9 Å². The number of nitrogens with one attached hydrogen (secondary N) is 1. The van der Waals surface area contributed by atoms with Gasteiger partial charge in [-0.1, -0.05) is 74.2 Å². The molecular formula is C20H25N. The summed E-state index contributed by atoms with van der Waals surface area (Å²) in [4.78, 5) is 0. The second-order valence-corrected chi connectivity index (χ2v) is 6.14. The zero-order valence-electron chi connectivity index (χ0n) is 12.7. The van der Waals surface area contributed by atoms with Gasteiger partial charge in [-0.2, -0.15) is 0 Å². The SMILES string of the molecule is c1ccc(-c2cccc(CNC3CCCCCC3)c2)cc1. The predicted molar refractivity (Wildman–Crippen MR) is 90.2 cm³/mol. The van der Waals surface area contributed by atoms with Gasteiger partial charge in [-0.3, -0.25) is 0 Å². The van der Waals surface area contributed by atoms with E-state index in [1.54, 1.807) is 0 Å². The van der Waals surface area contributed by atoms with Crippen molar-refractivity contribution in [1.29, 1.82) is 0 Å². The zero-order valence-corrected chi connectivity index (χ0v) is 12.7. The van der Waals surface area contributed by atoms with Gasteiger partial charge >= 0.3 is 0 Å².